The van der Waals surface area contributed by atoms with E-state index >= 15 is 0 Å². The van der Waals surface area contributed by atoms with Crippen molar-refractivity contribution < 1.29 is 17.9 Å². The van der Waals surface area contributed by atoms with Crippen LogP contribution in [0.5, 0.6) is 5.75 Å². The van der Waals surface area contributed by atoms with Gasteiger partial charge in [-0.05, 0) is 56.7 Å². The minimum Gasteiger partial charge on any atom is -0.491 e. The number of nitrogens with zero attached hydrogens (tertiary/aromatic N) is 1. The van der Waals surface area contributed by atoms with E-state index in [1.807, 2.05) is 31.2 Å². The molecule has 0 unspecified atom stereocenters. The van der Waals surface area contributed by atoms with Crippen LogP contribution in [0.1, 0.15) is 18.1 Å². The molecule has 1 amide bonds. The lowest BCUT2D eigenvalue weighted by Gasteiger charge is -2.24. The molecule has 0 spiro atoms. The number of nitrogens with one attached hydrogen (secondary N) is 1. The Labute approximate surface area is 171 Å². The molecule has 6 nitrogen and oxygen atoms in total. The van der Waals surface area contributed by atoms with Gasteiger partial charge in [0.05, 0.1) is 18.0 Å². The van der Waals surface area contributed by atoms with Crippen LogP contribution < -0.4 is 14.4 Å². The van der Waals surface area contributed by atoms with Crippen LogP contribution in [0.3, 0.4) is 0 Å². The number of benzene rings is 2. The number of aryl methyl sites for hydroxylation is 2. The number of hydrogen-bond acceptors (Lipinski definition) is 4. The molecule has 0 fully saturated rings. The van der Waals surface area contributed by atoms with Gasteiger partial charge in [-0.15, -0.1) is 0 Å². The average molecular weight is 425 g/mol. The molecular formula is C20H25ClN2O4S. The lowest BCUT2D eigenvalue weighted by atomic mass is 10.2. The Kier molecular flexibility index (Phi) is 7.32. The first kappa shape index (κ1) is 22.0. The van der Waals surface area contributed by atoms with Gasteiger partial charge in [0.2, 0.25) is 15.9 Å². The minimum atomic E-state index is -3.65. The Hall–Kier alpha value is -2.25. The molecule has 28 heavy (non-hydrogen) atoms. The molecule has 152 valence electrons. The van der Waals surface area contributed by atoms with E-state index in [9.17, 15) is 13.2 Å². The molecule has 2 rings (SSSR count). The summed E-state index contributed by atoms with van der Waals surface area (Å²) in [5, 5.41) is 3.27. The van der Waals surface area contributed by atoms with E-state index in [0.29, 0.717) is 22.0 Å². The third-order valence-electron chi connectivity index (χ3n) is 4.04. The lowest BCUT2D eigenvalue weighted by molar-refractivity contribution is -0.120. The van der Waals surface area contributed by atoms with E-state index in [2.05, 4.69) is 5.32 Å². The molecule has 0 bridgehead atoms. The summed E-state index contributed by atoms with van der Waals surface area (Å²) in [6, 6.07) is 12.2. The van der Waals surface area contributed by atoms with Crippen LogP contribution in [0.25, 0.3) is 0 Å². The number of hydrogen-bond donors (Lipinski definition) is 1. The number of ether oxygens (including phenoxy) is 1. The summed E-state index contributed by atoms with van der Waals surface area (Å²) in [7, 11) is -3.65. The Morgan fingerprint density at radius 3 is 2.39 bits per heavy atom. The smallest absolute Gasteiger partial charge is 0.241 e. The summed E-state index contributed by atoms with van der Waals surface area (Å²) < 4.78 is 31.2. The normalized spacial score (nSPS) is 12.3. The molecule has 2 aromatic rings. The first-order valence-corrected chi connectivity index (χ1v) is 11.0. The predicted octanol–water partition coefficient (Wildman–Crippen LogP) is 3.31. The Balaban J connectivity index is 2.00. The number of carbonyl (C=O) groups is 1. The molecule has 0 aliphatic carbocycles. The Morgan fingerprint density at radius 1 is 1.18 bits per heavy atom. The van der Waals surface area contributed by atoms with E-state index in [0.717, 1.165) is 16.1 Å². The van der Waals surface area contributed by atoms with Crippen molar-refractivity contribution in [1.29, 1.82) is 0 Å². The molecule has 0 saturated heterocycles. The molecule has 0 heterocycles. The Morgan fingerprint density at radius 2 is 1.82 bits per heavy atom. The van der Waals surface area contributed by atoms with E-state index in [4.69, 9.17) is 16.3 Å². The first-order chi connectivity index (χ1) is 13.1. The zero-order chi connectivity index (χ0) is 20.9. The van der Waals surface area contributed by atoms with Gasteiger partial charge in [0.15, 0.2) is 0 Å². The minimum absolute atomic E-state index is 0.271. The maximum absolute atomic E-state index is 12.4. The SMILES string of the molecule is Cc1ccc(OC[C@H](C)NC(=O)CN(c2ccc(Cl)cc2C)S(C)(=O)=O)cc1. The topological polar surface area (TPSA) is 75.7 Å². The van der Waals surface area contributed by atoms with Gasteiger partial charge in [-0.3, -0.25) is 9.10 Å². The van der Waals surface area contributed by atoms with Crippen molar-refractivity contribution in [3.05, 3.63) is 58.6 Å². The van der Waals surface area contributed by atoms with Gasteiger partial charge in [-0.25, -0.2) is 8.42 Å². The highest BCUT2D eigenvalue weighted by Gasteiger charge is 2.23. The number of sulfonamides is 1. The van der Waals surface area contributed by atoms with Gasteiger partial charge in [-0.2, -0.15) is 0 Å². The number of carbonyl (C=O) groups excluding carboxylic acids is 1. The van der Waals surface area contributed by atoms with Gasteiger partial charge in [0.25, 0.3) is 0 Å². The lowest BCUT2D eigenvalue weighted by Crippen LogP contribution is -2.45. The highest BCUT2D eigenvalue weighted by atomic mass is 35.5. The van der Waals surface area contributed by atoms with E-state index in [1.165, 1.54) is 0 Å². The van der Waals surface area contributed by atoms with Crippen molar-refractivity contribution in [2.75, 3.05) is 23.7 Å². The second-order valence-corrected chi connectivity index (χ2v) is 9.14. The molecule has 0 aliphatic rings. The first-order valence-electron chi connectivity index (χ1n) is 8.79. The van der Waals surface area contributed by atoms with Crippen LogP contribution in [-0.2, 0) is 14.8 Å². The van der Waals surface area contributed by atoms with Crippen molar-refractivity contribution in [3.63, 3.8) is 0 Å². The van der Waals surface area contributed by atoms with Gasteiger partial charge < -0.3 is 10.1 Å². The van der Waals surface area contributed by atoms with Gasteiger partial charge in [0, 0.05) is 5.02 Å². The van der Waals surface area contributed by atoms with Crippen LogP contribution in [-0.4, -0.2) is 39.8 Å². The molecule has 1 N–H and O–H groups in total. The standard InChI is InChI=1S/C20H25ClN2O4S/c1-14-5-8-18(9-6-14)27-13-16(3)22-20(24)12-23(28(4,25)26)19-10-7-17(21)11-15(19)2/h5-11,16H,12-13H2,1-4H3,(H,22,24)/t16-/m0/s1. The van der Waals surface area contributed by atoms with E-state index in [1.54, 1.807) is 32.0 Å². The summed E-state index contributed by atoms with van der Waals surface area (Å²) in [4.78, 5) is 12.4. The van der Waals surface area contributed by atoms with Gasteiger partial charge >= 0.3 is 0 Å². The van der Waals surface area contributed by atoms with Gasteiger partial charge in [0.1, 0.15) is 18.9 Å². The summed E-state index contributed by atoms with van der Waals surface area (Å²) in [6.45, 7) is 5.48. The molecule has 0 aromatic heterocycles. The van der Waals surface area contributed by atoms with E-state index < -0.39 is 15.9 Å². The predicted molar refractivity (Wildman–Crippen MR) is 113 cm³/mol. The van der Waals surface area contributed by atoms with Crippen LogP contribution >= 0.6 is 11.6 Å². The summed E-state index contributed by atoms with van der Waals surface area (Å²) in [5.74, 6) is 0.293. The van der Waals surface area contributed by atoms with Crippen molar-refractivity contribution in [2.45, 2.75) is 26.8 Å². The molecule has 8 heteroatoms. The highest BCUT2D eigenvalue weighted by Crippen LogP contribution is 2.25. The van der Waals surface area contributed by atoms with Crippen LogP contribution in [0.4, 0.5) is 5.69 Å². The van der Waals surface area contributed by atoms with Crippen molar-refractivity contribution in [1.82, 2.24) is 5.32 Å². The largest absolute Gasteiger partial charge is 0.491 e. The summed E-state index contributed by atoms with van der Waals surface area (Å²) in [5.41, 5.74) is 2.22. The quantitative estimate of drug-likeness (QED) is 0.705. The number of anilines is 1. The van der Waals surface area contributed by atoms with Crippen molar-refractivity contribution >= 4 is 33.2 Å². The number of amides is 1. The average Bonchev–Trinajstić information content (AvgIpc) is 2.59. The third-order valence-corrected chi connectivity index (χ3v) is 5.41. The second kappa shape index (κ2) is 9.30. The fraction of sp³-hybridized carbons (Fsp3) is 0.350. The fourth-order valence-corrected chi connectivity index (χ4v) is 3.77. The third kappa shape index (κ3) is 6.42. The zero-order valence-corrected chi connectivity index (χ0v) is 18.0. The molecule has 0 radical (unpaired) electrons. The second-order valence-electron chi connectivity index (χ2n) is 6.79. The van der Waals surface area contributed by atoms with Crippen LogP contribution in [0.2, 0.25) is 5.02 Å². The number of halogens is 1. The van der Waals surface area contributed by atoms with E-state index in [-0.39, 0.29) is 19.2 Å². The van der Waals surface area contributed by atoms with Crippen LogP contribution in [0.15, 0.2) is 42.5 Å². The Bertz CT molecular complexity index is 930. The molecule has 0 saturated carbocycles. The molecule has 1 atom stereocenters. The van der Waals surface area contributed by atoms with Crippen LogP contribution in [0, 0.1) is 13.8 Å². The molecule has 0 aliphatic heterocycles. The maximum Gasteiger partial charge on any atom is 0.241 e. The fourth-order valence-electron chi connectivity index (χ4n) is 2.63. The molecule has 2 aromatic carbocycles. The molecular weight excluding hydrogens is 400 g/mol. The monoisotopic (exact) mass is 424 g/mol. The number of rotatable bonds is 8. The van der Waals surface area contributed by atoms with Crippen molar-refractivity contribution in [3.8, 4) is 5.75 Å². The zero-order valence-electron chi connectivity index (χ0n) is 16.4. The van der Waals surface area contributed by atoms with Gasteiger partial charge in [-0.1, -0.05) is 29.3 Å². The van der Waals surface area contributed by atoms with Crippen molar-refractivity contribution in [2.24, 2.45) is 0 Å². The highest BCUT2D eigenvalue weighted by molar-refractivity contribution is 7.92. The summed E-state index contributed by atoms with van der Waals surface area (Å²) in [6.07, 6.45) is 1.07. The summed E-state index contributed by atoms with van der Waals surface area (Å²) >= 11 is 5.94. The maximum atomic E-state index is 12.4.